The van der Waals surface area contributed by atoms with Gasteiger partial charge in [-0.05, 0) is 42.5 Å². The van der Waals surface area contributed by atoms with Gasteiger partial charge in [0, 0.05) is 16.3 Å². The Labute approximate surface area is 139 Å². The van der Waals surface area contributed by atoms with Crippen LogP contribution >= 0.6 is 11.6 Å². The molecule has 2 aromatic rings. The van der Waals surface area contributed by atoms with Gasteiger partial charge < -0.3 is 10.1 Å². The van der Waals surface area contributed by atoms with E-state index < -0.39 is 10.0 Å². The van der Waals surface area contributed by atoms with E-state index in [0.29, 0.717) is 22.0 Å². The fraction of sp³-hybridized carbons (Fsp3) is 0.133. The highest BCUT2D eigenvalue weighted by molar-refractivity contribution is 7.89. The molecular formula is C15H15ClN2O4S. The molecule has 0 aromatic heterocycles. The number of nitrogens with two attached hydrogens (primary N) is 1. The molecule has 0 saturated carbocycles. The van der Waals surface area contributed by atoms with Gasteiger partial charge in [0.25, 0.3) is 0 Å². The number of carbonyl (C=O) groups excluding carboxylic acids is 1. The van der Waals surface area contributed by atoms with Gasteiger partial charge >= 0.3 is 0 Å². The lowest BCUT2D eigenvalue weighted by molar-refractivity contribution is -0.115. The molecule has 0 aliphatic heterocycles. The van der Waals surface area contributed by atoms with Crippen molar-refractivity contribution in [1.29, 1.82) is 0 Å². The fourth-order valence-electron chi connectivity index (χ4n) is 1.99. The van der Waals surface area contributed by atoms with Crippen molar-refractivity contribution in [3.63, 3.8) is 0 Å². The monoisotopic (exact) mass is 354 g/mol. The van der Waals surface area contributed by atoms with E-state index in [4.69, 9.17) is 21.5 Å². The lowest BCUT2D eigenvalue weighted by atomic mass is 10.1. The molecule has 0 fully saturated rings. The third-order valence-corrected chi connectivity index (χ3v) is 4.22. The molecule has 0 aliphatic carbocycles. The Kier molecular flexibility index (Phi) is 5.25. The second kappa shape index (κ2) is 6.99. The van der Waals surface area contributed by atoms with Crippen LogP contribution in [-0.2, 0) is 21.2 Å². The lowest BCUT2D eigenvalue weighted by Crippen LogP contribution is -2.15. The molecule has 0 aliphatic rings. The second-order valence-electron chi connectivity index (χ2n) is 4.75. The first-order valence-corrected chi connectivity index (χ1v) is 8.47. The van der Waals surface area contributed by atoms with Gasteiger partial charge in [-0.3, -0.25) is 4.79 Å². The van der Waals surface area contributed by atoms with E-state index in [-0.39, 0.29) is 17.2 Å². The Morgan fingerprint density at radius 2 is 1.87 bits per heavy atom. The molecule has 0 heterocycles. The van der Waals surface area contributed by atoms with Crippen molar-refractivity contribution in [3.05, 3.63) is 53.1 Å². The van der Waals surface area contributed by atoms with E-state index in [1.807, 2.05) is 0 Å². The molecule has 0 atom stereocenters. The molecule has 2 rings (SSSR count). The highest BCUT2D eigenvalue weighted by Crippen LogP contribution is 2.23. The highest BCUT2D eigenvalue weighted by atomic mass is 35.5. The Morgan fingerprint density at radius 3 is 2.43 bits per heavy atom. The molecule has 3 N–H and O–H groups in total. The molecule has 0 saturated heterocycles. The van der Waals surface area contributed by atoms with Gasteiger partial charge in [-0.1, -0.05) is 11.6 Å². The third-order valence-electron chi connectivity index (χ3n) is 3.06. The Bertz CT molecular complexity index is 820. The van der Waals surface area contributed by atoms with Crippen LogP contribution in [0.2, 0.25) is 5.02 Å². The minimum atomic E-state index is -3.75. The molecule has 6 nitrogen and oxygen atoms in total. The predicted molar refractivity (Wildman–Crippen MR) is 88.2 cm³/mol. The van der Waals surface area contributed by atoms with Crippen molar-refractivity contribution in [2.24, 2.45) is 5.14 Å². The maximum Gasteiger partial charge on any atom is 0.238 e. The van der Waals surface area contributed by atoms with Gasteiger partial charge in [0.2, 0.25) is 15.9 Å². The predicted octanol–water partition coefficient (Wildman–Crippen LogP) is 2.18. The van der Waals surface area contributed by atoms with Crippen molar-refractivity contribution < 1.29 is 17.9 Å². The maximum atomic E-state index is 12.1. The fourth-order valence-corrected chi connectivity index (χ4v) is 2.70. The number of amides is 1. The van der Waals surface area contributed by atoms with E-state index in [0.717, 1.165) is 0 Å². The van der Waals surface area contributed by atoms with Crippen LogP contribution in [0.1, 0.15) is 5.56 Å². The summed E-state index contributed by atoms with van der Waals surface area (Å²) in [5, 5.41) is 8.19. The van der Waals surface area contributed by atoms with Crippen molar-refractivity contribution >= 4 is 33.2 Å². The van der Waals surface area contributed by atoms with Crippen LogP contribution in [0.4, 0.5) is 5.69 Å². The van der Waals surface area contributed by atoms with Crippen LogP contribution in [0.25, 0.3) is 0 Å². The molecule has 8 heteroatoms. The summed E-state index contributed by atoms with van der Waals surface area (Å²) in [5.74, 6) is 0.281. The Hall–Kier alpha value is -2.09. The molecule has 2 aromatic carbocycles. The number of benzene rings is 2. The van der Waals surface area contributed by atoms with E-state index in [1.165, 1.54) is 31.4 Å². The number of primary sulfonamides is 1. The molecule has 0 radical (unpaired) electrons. The molecule has 23 heavy (non-hydrogen) atoms. The number of halogens is 1. The summed E-state index contributed by atoms with van der Waals surface area (Å²) in [4.78, 5) is 12.1. The van der Waals surface area contributed by atoms with Crippen molar-refractivity contribution in [3.8, 4) is 5.75 Å². The first-order chi connectivity index (χ1) is 10.8. The second-order valence-corrected chi connectivity index (χ2v) is 6.75. The van der Waals surface area contributed by atoms with Gasteiger partial charge in [0.05, 0.1) is 18.4 Å². The number of carbonyl (C=O) groups is 1. The van der Waals surface area contributed by atoms with Gasteiger partial charge in [-0.2, -0.15) is 0 Å². The van der Waals surface area contributed by atoms with Gasteiger partial charge in [0.15, 0.2) is 0 Å². The van der Waals surface area contributed by atoms with Crippen LogP contribution in [-0.4, -0.2) is 21.4 Å². The normalized spacial score (nSPS) is 11.1. The summed E-state index contributed by atoms with van der Waals surface area (Å²) in [6, 6.07) is 10.6. The number of nitrogens with one attached hydrogen (secondary N) is 1. The van der Waals surface area contributed by atoms with E-state index in [1.54, 1.807) is 18.2 Å². The number of hydrogen-bond donors (Lipinski definition) is 2. The highest BCUT2D eigenvalue weighted by Gasteiger charge is 2.11. The van der Waals surface area contributed by atoms with Gasteiger partial charge in [-0.25, -0.2) is 13.6 Å². The van der Waals surface area contributed by atoms with E-state index >= 15 is 0 Å². The summed E-state index contributed by atoms with van der Waals surface area (Å²) in [7, 11) is -2.24. The average Bonchev–Trinajstić information content (AvgIpc) is 2.47. The zero-order chi connectivity index (χ0) is 17.0. The van der Waals surface area contributed by atoms with Crippen LogP contribution in [0.15, 0.2) is 47.4 Å². The van der Waals surface area contributed by atoms with Crippen LogP contribution < -0.4 is 15.2 Å². The van der Waals surface area contributed by atoms with Crippen LogP contribution in [0.5, 0.6) is 5.75 Å². The summed E-state index contributed by atoms with van der Waals surface area (Å²) in [5.41, 5.74) is 1.11. The van der Waals surface area contributed by atoms with Crippen molar-refractivity contribution in [1.82, 2.24) is 0 Å². The minimum Gasteiger partial charge on any atom is -0.496 e. The van der Waals surface area contributed by atoms with Crippen molar-refractivity contribution in [2.75, 3.05) is 12.4 Å². The first kappa shape index (κ1) is 17.3. The summed E-state index contributed by atoms with van der Waals surface area (Å²) >= 11 is 5.92. The smallest absolute Gasteiger partial charge is 0.238 e. The number of rotatable bonds is 5. The van der Waals surface area contributed by atoms with Gasteiger partial charge in [-0.15, -0.1) is 0 Å². The van der Waals surface area contributed by atoms with E-state index in [9.17, 15) is 13.2 Å². The molecule has 1 amide bonds. The standard InChI is InChI=1S/C15H15ClN2O4S/c1-22-14-7-2-11(16)8-10(14)9-15(19)18-12-3-5-13(6-4-12)23(17,20)21/h2-8H,9H2,1H3,(H,18,19)(H2,17,20,21). The molecular weight excluding hydrogens is 340 g/mol. The molecule has 0 bridgehead atoms. The Balaban J connectivity index is 2.10. The number of anilines is 1. The topological polar surface area (TPSA) is 98.5 Å². The van der Waals surface area contributed by atoms with Crippen LogP contribution in [0.3, 0.4) is 0 Å². The van der Waals surface area contributed by atoms with E-state index in [2.05, 4.69) is 5.32 Å². The number of methoxy groups -OCH3 is 1. The summed E-state index contributed by atoms with van der Waals surface area (Å²) in [6.45, 7) is 0. The zero-order valence-electron chi connectivity index (χ0n) is 12.2. The van der Waals surface area contributed by atoms with Crippen molar-refractivity contribution in [2.45, 2.75) is 11.3 Å². The summed E-state index contributed by atoms with van der Waals surface area (Å²) in [6.07, 6.45) is 0.0701. The quantitative estimate of drug-likeness (QED) is 0.859. The molecule has 0 spiro atoms. The SMILES string of the molecule is COc1ccc(Cl)cc1CC(=O)Nc1ccc(S(N)(=O)=O)cc1. The van der Waals surface area contributed by atoms with Gasteiger partial charge in [0.1, 0.15) is 5.75 Å². The first-order valence-electron chi connectivity index (χ1n) is 6.55. The van der Waals surface area contributed by atoms with Crippen LogP contribution in [0, 0.1) is 0 Å². The zero-order valence-corrected chi connectivity index (χ0v) is 13.8. The number of hydrogen-bond acceptors (Lipinski definition) is 4. The number of sulfonamides is 1. The molecule has 0 unspecified atom stereocenters. The minimum absolute atomic E-state index is 0.0213. The summed E-state index contributed by atoms with van der Waals surface area (Å²) < 4.78 is 27.5. The largest absolute Gasteiger partial charge is 0.496 e. The Morgan fingerprint density at radius 1 is 1.22 bits per heavy atom. The average molecular weight is 355 g/mol. The molecule has 122 valence electrons. The maximum absolute atomic E-state index is 12.1. The number of ether oxygens (including phenoxy) is 1. The third kappa shape index (κ3) is 4.69. The lowest BCUT2D eigenvalue weighted by Gasteiger charge is -2.10.